The zero-order valence-electron chi connectivity index (χ0n) is 9.64. The summed E-state index contributed by atoms with van der Waals surface area (Å²) < 4.78 is 5.61. The molecule has 4 heteroatoms. The average molecular weight is 225 g/mol. The molecule has 84 valence electrons. The molecule has 4 nitrogen and oxygen atoms in total. The van der Waals surface area contributed by atoms with Gasteiger partial charge in [0.1, 0.15) is 11.8 Å². The lowest BCUT2D eigenvalue weighted by Crippen LogP contribution is -1.93. The van der Waals surface area contributed by atoms with Crippen LogP contribution in [0.2, 0.25) is 0 Å². The molecule has 0 saturated carbocycles. The van der Waals surface area contributed by atoms with Crippen molar-refractivity contribution in [1.29, 1.82) is 5.26 Å². The van der Waals surface area contributed by atoms with Crippen molar-refractivity contribution in [3.63, 3.8) is 0 Å². The van der Waals surface area contributed by atoms with E-state index in [1.807, 2.05) is 38.1 Å². The molecule has 1 aromatic heterocycles. The lowest BCUT2D eigenvalue weighted by molar-refractivity contribution is 0.456. The molecule has 0 unspecified atom stereocenters. The molecule has 0 aliphatic rings. The van der Waals surface area contributed by atoms with Crippen LogP contribution in [0.3, 0.4) is 0 Å². The molecule has 2 rings (SSSR count). The Morgan fingerprint density at radius 1 is 1.18 bits per heavy atom. The minimum atomic E-state index is 0.276. The summed E-state index contributed by atoms with van der Waals surface area (Å²) in [5, 5.41) is 8.61. The van der Waals surface area contributed by atoms with Gasteiger partial charge in [-0.1, -0.05) is 12.1 Å². The molecular formula is C13H11N3O. The number of aromatic nitrogens is 2. The van der Waals surface area contributed by atoms with Crippen LogP contribution < -0.4 is 4.74 Å². The fraction of sp³-hybridized carbons (Fsp3) is 0.154. The Labute approximate surface area is 99.5 Å². The van der Waals surface area contributed by atoms with Gasteiger partial charge in [-0.05, 0) is 31.0 Å². The first-order valence-corrected chi connectivity index (χ1v) is 5.16. The second kappa shape index (κ2) is 4.62. The minimum Gasteiger partial charge on any atom is -0.437 e. The maximum atomic E-state index is 8.61. The van der Waals surface area contributed by atoms with Gasteiger partial charge in [0.25, 0.3) is 0 Å². The smallest absolute Gasteiger partial charge is 0.237 e. The molecule has 2 aromatic rings. The van der Waals surface area contributed by atoms with E-state index in [-0.39, 0.29) is 5.69 Å². The quantitative estimate of drug-likeness (QED) is 0.788. The largest absolute Gasteiger partial charge is 0.437 e. The molecule has 0 N–H and O–H groups in total. The maximum absolute atomic E-state index is 8.61. The molecule has 0 radical (unpaired) electrons. The van der Waals surface area contributed by atoms with E-state index < -0.39 is 0 Å². The SMILES string of the molecule is Cc1ccc(C)c(Oc2cnc(C#N)cn2)c1. The van der Waals surface area contributed by atoms with Crippen molar-refractivity contribution >= 4 is 0 Å². The Hall–Kier alpha value is -2.41. The lowest BCUT2D eigenvalue weighted by Gasteiger charge is -2.07. The predicted octanol–water partition coefficient (Wildman–Crippen LogP) is 2.76. The summed E-state index contributed by atoms with van der Waals surface area (Å²) in [5.41, 5.74) is 2.42. The van der Waals surface area contributed by atoms with Crippen LogP contribution in [-0.4, -0.2) is 9.97 Å². The van der Waals surface area contributed by atoms with Gasteiger partial charge in [0.05, 0.1) is 12.4 Å². The van der Waals surface area contributed by atoms with E-state index in [0.717, 1.165) is 16.9 Å². The van der Waals surface area contributed by atoms with Gasteiger partial charge in [-0.25, -0.2) is 9.97 Å². The Kier molecular flexibility index (Phi) is 3.01. The molecule has 0 fully saturated rings. The number of aryl methyl sites for hydroxylation is 2. The fourth-order valence-electron chi connectivity index (χ4n) is 1.36. The first-order valence-electron chi connectivity index (χ1n) is 5.16. The van der Waals surface area contributed by atoms with Gasteiger partial charge in [0.2, 0.25) is 5.88 Å². The van der Waals surface area contributed by atoms with Crippen LogP contribution in [0.25, 0.3) is 0 Å². The van der Waals surface area contributed by atoms with Crippen LogP contribution in [0, 0.1) is 25.2 Å². The summed E-state index contributed by atoms with van der Waals surface area (Å²) in [6.07, 6.45) is 2.83. The van der Waals surface area contributed by atoms with Crippen molar-refractivity contribution in [2.24, 2.45) is 0 Å². The van der Waals surface area contributed by atoms with Crippen molar-refractivity contribution in [2.45, 2.75) is 13.8 Å². The zero-order valence-corrected chi connectivity index (χ0v) is 9.64. The van der Waals surface area contributed by atoms with E-state index >= 15 is 0 Å². The van der Waals surface area contributed by atoms with E-state index in [1.165, 1.54) is 12.4 Å². The highest BCUT2D eigenvalue weighted by atomic mass is 16.5. The molecule has 0 bridgehead atoms. The van der Waals surface area contributed by atoms with Crippen molar-refractivity contribution in [3.8, 4) is 17.7 Å². The first kappa shape index (κ1) is 11.1. The van der Waals surface area contributed by atoms with Crippen LogP contribution in [0.15, 0.2) is 30.6 Å². The molecule has 0 spiro atoms. The molecular weight excluding hydrogens is 214 g/mol. The van der Waals surface area contributed by atoms with Crippen LogP contribution in [0.5, 0.6) is 11.6 Å². The number of nitriles is 1. The summed E-state index contributed by atoms with van der Waals surface area (Å²) in [4.78, 5) is 7.91. The van der Waals surface area contributed by atoms with E-state index in [9.17, 15) is 0 Å². The van der Waals surface area contributed by atoms with Gasteiger partial charge >= 0.3 is 0 Å². The van der Waals surface area contributed by atoms with Crippen LogP contribution >= 0.6 is 0 Å². The van der Waals surface area contributed by atoms with E-state index in [0.29, 0.717) is 5.88 Å². The number of nitrogens with zero attached hydrogens (tertiary/aromatic N) is 3. The fourth-order valence-corrected chi connectivity index (χ4v) is 1.36. The number of ether oxygens (including phenoxy) is 1. The van der Waals surface area contributed by atoms with Gasteiger partial charge in [0, 0.05) is 0 Å². The Morgan fingerprint density at radius 2 is 2.00 bits per heavy atom. The Balaban J connectivity index is 2.25. The minimum absolute atomic E-state index is 0.276. The summed E-state index contributed by atoms with van der Waals surface area (Å²) in [6, 6.07) is 7.86. The number of hydrogen-bond donors (Lipinski definition) is 0. The van der Waals surface area contributed by atoms with Crippen LogP contribution in [0.4, 0.5) is 0 Å². The normalized spacial score (nSPS) is 9.71. The second-order valence-electron chi connectivity index (χ2n) is 3.72. The standard InChI is InChI=1S/C13H11N3O/c1-9-3-4-10(2)12(5-9)17-13-8-15-11(6-14)7-16-13/h3-5,7-8H,1-2H3. The van der Waals surface area contributed by atoms with Gasteiger partial charge in [-0.2, -0.15) is 5.26 Å². The summed E-state index contributed by atoms with van der Waals surface area (Å²) in [6.45, 7) is 3.96. The van der Waals surface area contributed by atoms with E-state index in [4.69, 9.17) is 10.00 Å². The highest BCUT2D eigenvalue weighted by molar-refractivity contribution is 5.38. The van der Waals surface area contributed by atoms with Crippen LogP contribution in [0.1, 0.15) is 16.8 Å². The highest BCUT2D eigenvalue weighted by Gasteiger charge is 2.03. The van der Waals surface area contributed by atoms with Gasteiger partial charge in [-0.15, -0.1) is 0 Å². The number of rotatable bonds is 2. The second-order valence-corrected chi connectivity index (χ2v) is 3.72. The lowest BCUT2D eigenvalue weighted by atomic mass is 10.1. The molecule has 0 atom stereocenters. The third-order valence-corrected chi connectivity index (χ3v) is 2.30. The van der Waals surface area contributed by atoms with Gasteiger partial charge < -0.3 is 4.74 Å². The van der Waals surface area contributed by atoms with Gasteiger partial charge in [-0.3, -0.25) is 0 Å². The van der Waals surface area contributed by atoms with Crippen LogP contribution in [-0.2, 0) is 0 Å². The average Bonchev–Trinajstić information content (AvgIpc) is 2.35. The van der Waals surface area contributed by atoms with E-state index in [2.05, 4.69) is 9.97 Å². The third kappa shape index (κ3) is 2.58. The first-order chi connectivity index (χ1) is 8.19. The molecule has 0 aliphatic carbocycles. The molecule has 17 heavy (non-hydrogen) atoms. The topological polar surface area (TPSA) is 58.8 Å². The summed E-state index contributed by atoms with van der Waals surface area (Å²) in [5.74, 6) is 1.14. The number of hydrogen-bond acceptors (Lipinski definition) is 4. The predicted molar refractivity (Wildman–Crippen MR) is 62.7 cm³/mol. The zero-order chi connectivity index (χ0) is 12.3. The molecule has 0 aliphatic heterocycles. The molecule has 1 heterocycles. The Morgan fingerprint density at radius 3 is 2.65 bits per heavy atom. The highest BCUT2D eigenvalue weighted by Crippen LogP contribution is 2.23. The summed E-state index contributed by atoms with van der Waals surface area (Å²) in [7, 11) is 0. The monoisotopic (exact) mass is 225 g/mol. The van der Waals surface area contributed by atoms with Crippen molar-refractivity contribution in [3.05, 3.63) is 47.4 Å². The van der Waals surface area contributed by atoms with E-state index in [1.54, 1.807) is 0 Å². The molecule has 0 saturated heterocycles. The molecule has 0 amide bonds. The number of benzene rings is 1. The third-order valence-electron chi connectivity index (χ3n) is 2.30. The van der Waals surface area contributed by atoms with Crippen molar-refractivity contribution in [1.82, 2.24) is 9.97 Å². The summed E-state index contributed by atoms with van der Waals surface area (Å²) >= 11 is 0. The van der Waals surface area contributed by atoms with Crippen molar-refractivity contribution in [2.75, 3.05) is 0 Å². The molecule has 1 aromatic carbocycles. The van der Waals surface area contributed by atoms with Crippen molar-refractivity contribution < 1.29 is 4.74 Å². The van der Waals surface area contributed by atoms with Gasteiger partial charge in [0.15, 0.2) is 5.69 Å². The maximum Gasteiger partial charge on any atom is 0.237 e. The Bertz CT molecular complexity index is 570.